The van der Waals surface area contributed by atoms with E-state index in [9.17, 15) is 9.59 Å². The van der Waals surface area contributed by atoms with Crippen LogP contribution in [0.15, 0.2) is 59.5 Å². The van der Waals surface area contributed by atoms with Crippen molar-refractivity contribution in [2.24, 2.45) is 0 Å². The number of pyridine rings is 1. The minimum atomic E-state index is -0.182. The lowest BCUT2D eigenvalue weighted by atomic mass is 10.2. The van der Waals surface area contributed by atoms with Gasteiger partial charge >= 0.3 is 0 Å². The number of fused-ring (bicyclic) bond motifs is 1. The second-order valence-corrected chi connectivity index (χ2v) is 5.74. The van der Waals surface area contributed by atoms with E-state index in [4.69, 9.17) is 11.6 Å². The lowest BCUT2D eigenvalue weighted by Gasteiger charge is -2.11. The summed E-state index contributed by atoms with van der Waals surface area (Å²) in [5.41, 5.74) is 2.28. The van der Waals surface area contributed by atoms with Crippen LogP contribution < -0.4 is 10.7 Å². The lowest BCUT2D eigenvalue weighted by molar-refractivity contribution is -0.116. The highest BCUT2D eigenvalue weighted by atomic mass is 35.5. The zero-order valence-electron chi connectivity index (χ0n) is 12.5. The Labute approximate surface area is 138 Å². The molecule has 5 heteroatoms. The first-order valence-corrected chi connectivity index (χ1v) is 7.56. The van der Waals surface area contributed by atoms with Crippen LogP contribution in [0.5, 0.6) is 0 Å². The molecule has 0 radical (unpaired) electrons. The Morgan fingerprint density at radius 1 is 1.17 bits per heavy atom. The predicted octanol–water partition coefficient (Wildman–Crippen LogP) is 3.60. The lowest BCUT2D eigenvalue weighted by Crippen LogP contribution is -2.20. The van der Waals surface area contributed by atoms with Gasteiger partial charge in [0.25, 0.3) is 0 Å². The molecule has 0 bridgehead atoms. The van der Waals surface area contributed by atoms with Gasteiger partial charge in [0.1, 0.15) is 6.54 Å². The molecule has 0 atom stereocenters. The van der Waals surface area contributed by atoms with Crippen LogP contribution in [0.2, 0.25) is 5.02 Å². The summed E-state index contributed by atoms with van der Waals surface area (Å²) in [6, 6.07) is 14.1. The average Bonchev–Trinajstić information content (AvgIpc) is 2.54. The highest BCUT2D eigenvalue weighted by Crippen LogP contribution is 2.20. The van der Waals surface area contributed by atoms with Gasteiger partial charge in [-0.25, -0.2) is 0 Å². The minimum Gasteiger partial charge on any atom is -0.338 e. The van der Waals surface area contributed by atoms with Crippen molar-refractivity contribution >= 4 is 34.1 Å². The highest BCUT2D eigenvalue weighted by Gasteiger charge is 2.08. The summed E-state index contributed by atoms with van der Waals surface area (Å²) in [6.07, 6.45) is 1.63. The first kappa shape index (κ1) is 15.3. The molecule has 0 saturated heterocycles. The Balaban J connectivity index is 1.84. The molecule has 2 aromatic carbocycles. The third-order valence-electron chi connectivity index (χ3n) is 3.65. The molecule has 0 aliphatic heterocycles. The van der Waals surface area contributed by atoms with Crippen molar-refractivity contribution in [1.29, 1.82) is 0 Å². The van der Waals surface area contributed by atoms with E-state index in [-0.39, 0.29) is 17.9 Å². The van der Waals surface area contributed by atoms with E-state index in [1.54, 1.807) is 22.9 Å². The van der Waals surface area contributed by atoms with Gasteiger partial charge in [-0.15, -0.1) is 0 Å². The van der Waals surface area contributed by atoms with E-state index in [1.165, 1.54) is 6.07 Å². The third-order valence-corrected chi connectivity index (χ3v) is 4.06. The van der Waals surface area contributed by atoms with Crippen LogP contribution in [-0.4, -0.2) is 10.5 Å². The van der Waals surface area contributed by atoms with Crippen LogP contribution in [0.1, 0.15) is 5.56 Å². The number of nitrogens with zero attached hydrogens (tertiary/aromatic N) is 1. The van der Waals surface area contributed by atoms with Crippen LogP contribution in [0, 0.1) is 6.92 Å². The number of nitrogens with one attached hydrogen (secondary N) is 1. The van der Waals surface area contributed by atoms with Crippen molar-refractivity contribution < 1.29 is 4.79 Å². The van der Waals surface area contributed by atoms with Gasteiger partial charge in [0, 0.05) is 28.4 Å². The Morgan fingerprint density at radius 3 is 2.74 bits per heavy atom. The van der Waals surface area contributed by atoms with E-state index in [0.717, 1.165) is 11.1 Å². The van der Waals surface area contributed by atoms with Crippen molar-refractivity contribution in [2.45, 2.75) is 13.5 Å². The fraction of sp³-hybridized carbons (Fsp3) is 0.111. The molecule has 4 nitrogen and oxygen atoms in total. The Morgan fingerprint density at radius 2 is 1.96 bits per heavy atom. The number of benzene rings is 2. The quantitative estimate of drug-likeness (QED) is 0.799. The number of para-hydroxylation sites is 1. The summed E-state index contributed by atoms with van der Waals surface area (Å²) >= 11 is 6.06. The van der Waals surface area contributed by atoms with E-state index in [0.29, 0.717) is 16.1 Å². The van der Waals surface area contributed by atoms with Crippen molar-refractivity contribution in [3.8, 4) is 0 Å². The Hall–Kier alpha value is -2.59. The highest BCUT2D eigenvalue weighted by molar-refractivity contribution is 6.31. The van der Waals surface area contributed by atoms with Crippen molar-refractivity contribution in [2.75, 3.05) is 5.32 Å². The molecule has 1 N–H and O–H groups in total. The van der Waals surface area contributed by atoms with Gasteiger partial charge in [-0.2, -0.15) is 0 Å². The predicted molar refractivity (Wildman–Crippen MR) is 93.0 cm³/mol. The normalized spacial score (nSPS) is 10.7. The maximum Gasteiger partial charge on any atom is 0.244 e. The molecule has 3 rings (SSSR count). The standard InChI is InChI=1S/C18H15ClN2O2/c1-12-6-7-13(10-15(12)19)20-18(23)11-21-9-8-17(22)14-4-2-3-5-16(14)21/h2-10H,11H2,1H3,(H,20,23). The van der Waals surface area contributed by atoms with Gasteiger partial charge in [0.15, 0.2) is 5.43 Å². The summed E-state index contributed by atoms with van der Waals surface area (Å²) < 4.78 is 1.75. The van der Waals surface area contributed by atoms with Gasteiger partial charge in [-0.3, -0.25) is 9.59 Å². The number of carbonyl (C=O) groups excluding carboxylic acids is 1. The Bertz CT molecular complexity index is 947. The van der Waals surface area contributed by atoms with Crippen LogP contribution in [0.25, 0.3) is 10.9 Å². The topological polar surface area (TPSA) is 51.1 Å². The zero-order valence-corrected chi connectivity index (χ0v) is 13.3. The minimum absolute atomic E-state index is 0.0532. The molecule has 1 heterocycles. The molecule has 0 aliphatic rings. The van der Waals surface area contributed by atoms with Crippen LogP contribution in [0.3, 0.4) is 0 Å². The molecule has 0 saturated carbocycles. The summed E-state index contributed by atoms with van der Waals surface area (Å²) in [5.74, 6) is -0.182. The molecule has 0 aliphatic carbocycles. The maximum atomic E-state index is 12.3. The number of rotatable bonds is 3. The summed E-state index contributed by atoms with van der Waals surface area (Å²) in [4.78, 5) is 24.1. The van der Waals surface area contributed by atoms with E-state index in [2.05, 4.69) is 5.32 Å². The van der Waals surface area contributed by atoms with Gasteiger partial charge in [-0.1, -0.05) is 29.8 Å². The number of amides is 1. The second-order valence-electron chi connectivity index (χ2n) is 5.34. The first-order chi connectivity index (χ1) is 11.0. The monoisotopic (exact) mass is 326 g/mol. The number of aromatic nitrogens is 1. The van der Waals surface area contributed by atoms with Gasteiger partial charge < -0.3 is 9.88 Å². The second kappa shape index (κ2) is 6.26. The number of aryl methyl sites for hydroxylation is 1. The SMILES string of the molecule is Cc1ccc(NC(=O)Cn2ccc(=O)c3ccccc32)cc1Cl. The fourth-order valence-corrected chi connectivity index (χ4v) is 2.60. The summed E-state index contributed by atoms with van der Waals surface area (Å²) in [7, 11) is 0. The third kappa shape index (κ3) is 3.27. The van der Waals surface area contributed by atoms with E-state index < -0.39 is 0 Å². The maximum absolute atomic E-state index is 12.3. The molecule has 1 amide bonds. The molecule has 0 unspecified atom stereocenters. The van der Waals surface area contributed by atoms with Crippen molar-refractivity contribution in [1.82, 2.24) is 4.57 Å². The number of carbonyl (C=O) groups is 1. The van der Waals surface area contributed by atoms with Crippen molar-refractivity contribution in [3.63, 3.8) is 0 Å². The van der Waals surface area contributed by atoms with E-state index >= 15 is 0 Å². The zero-order chi connectivity index (χ0) is 16.4. The van der Waals surface area contributed by atoms with Crippen LogP contribution in [-0.2, 0) is 11.3 Å². The smallest absolute Gasteiger partial charge is 0.244 e. The largest absolute Gasteiger partial charge is 0.338 e. The van der Waals surface area contributed by atoms with E-state index in [1.807, 2.05) is 37.3 Å². The molecular weight excluding hydrogens is 312 g/mol. The Kier molecular flexibility index (Phi) is 4.17. The van der Waals surface area contributed by atoms with Crippen LogP contribution >= 0.6 is 11.6 Å². The fourth-order valence-electron chi connectivity index (χ4n) is 2.42. The van der Waals surface area contributed by atoms with Gasteiger partial charge in [-0.05, 0) is 36.8 Å². The molecular formula is C18H15ClN2O2. The molecule has 23 heavy (non-hydrogen) atoms. The number of hydrogen-bond acceptors (Lipinski definition) is 2. The molecule has 1 aromatic heterocycles. The van der Waals surface area contributed by atoms with Crippen molar-refractivity contribution in [3.05, 3.63) is 75.5 Å². The molecule has 116 valence electrons. The van der Waals surface area contributed by atoms with Gasteiger partial charge in [0.05, 0.1) is 5.52 Å². The van der Waals surface area contributed by atoms with Crippen LogP contribution in [0.4, 0.5) is 5.69 Å². The first-order valence-electron chi connectivity index (χ1n) is 7.19. The number of anilines is 1. The van der Waals surface area contributed by atoms with Gasteiger partial charge in [0.2, 0.25) is 5.91 Å². The molecule has 0 spiro atoms. The summed E-state index contributed by atoms with van der Waals surface area (Å²) in [6.45, 7) is 2.02. The summed E-state index contributed by atoms with van der Waals surface area (Å²) in [5, 5.41) is 4.02. The number of halogens is 1. The average molecular weight is 327 g/mol. The number of hydrogen-bond donors (Lipinski definition) is 1. The molecule has 3 aromatic rings. The molecule has 0 fully saturated rings.